The maximum Gasteiger partial charge on any atom is 0.227 e. The van der Waals surface area contributed by atoms with Gasteiger partial charge in [-0.2, -0.15) is 0 Å². The number of anilines is 1. The van der Waals surface area contributed by atoms with E-state index < -0.39 is 5.54 Å². The predicted octanol–water partition coefficient (Wildman–Crippen LogP) is 2.90. The number of hydrogen-bond acceptors (Lipinski definition) is 3. The van der Waals surface area contributed by atoms with Gasteiger partial charge in [-0.1, -0.05) is 25.0 Å². The molecule has 3 unspecified atom stereocenters. The van der Waals surface area contributed by atoms with Gasteiger partial charge in [-0.15, -0.1) is 0 Å². The molecule has 136 valence electrons. The number of benzene rings is 1. The van der Waals surface area contributed by atoms with Crippen LogP contribution in [-0.2, 0) is 9.59 Å². The summed E-state index contributed by atoms with van der Waals surface area (Å²) in [5.74, 6) is 0.120. The predicted molar refractivity (Wildman–Crippen MR) is 99.1 cm³/mol. The minimum absolute atomic E-state index is 0.0518. The number of carbonyl (C=O) groups is 2. The highest BCUT2D eigenvalue weighted by atomic mass is 16.2. The molecular weight excluding hydrogens is 314 g/mol. The second-order valence-corrected chi connectivity index (χ2v) is 7.77. The van der Waals surface area contributed by atoms with Crippen molar-refractivity contribution in [2.24, 2.45) is 11.7 Å². The molecule has 2 fully saturated rings. The normalized spacial score (nSPS) is 28.0. The van der Waals surface area contributed by atoms with Crippen molar-refractivity contribution < 1.29 is 9.59 Å². The van der Waals surface area contributed by atoms with Crippen molar-refractivity contribution in [3.8, 4) is 0 Å². The summed E-state index contributed by atoms with van der Waals surface area (Å²) in [4.78, 5) is 26.3. The summed E-state index contributed by atoms with van der Waals surface area (Å²) >= 11 is 0. The zero-order valence-corrected chi connectivity index (χ0v) is 15.3. The maximum absolute atomic E-state index is 12.7. The molecule has 2 aliphatic rings. The van der Waals surface area contributed by atoms with Gasteiger partial charge in [0.05, 0.1) is 12.0 Å². The third kappa shape index (κ3) is 3.87. The lowest BCUT2D eigenvalue weighted by molar-refractivity contribution is -0.128. The Morgan fingerprint density at radius 1 is 1.28 bits per heavy atom. The first kappa shape index (κ1) is 17.9. The fourth-order valence-corrected chi connectivity index (χ4v) is 4.05. The first-order valence-electron chi connectivity index (χ1n) is 9.38. The molecule has 1 saturated heterocycles. The molecule has 0 spiro atoms. The molecule has 1 aliphatic carbocycles. The van der Waals surface area contributed by atoms with Gasteiger partial charge in [0.1, 0.15) is 0 Å². The molecule has 25 heavy (non-hydrogen) atoms. The van der Waals surface area contributed by atoms with E-state index in [0.29, 0.717) is 6.42 Å². The van der Waals surface area contributed by atoms with E-state index in [4.69, 9.17) is 5.73 Å². The second-order valence-electron chi connectivity index (χ2n) is 7.77. The Bertz CT molecular complexity index is 639. The van der Waals surface area contributed by atoms with E-state index in [1.165, 1.54) is 0 Å². The fourth-order valence-electron chi connectivity index (χ4n) is 4.05. The molecule has 2 amide bonds. The van der Waals surface area contributed by atoms with Gasteiger partial charge in [0.2, 0.25) is 11.8 Å². The summed E-state index contributed by atoms with van der Waals surface area (Å²) in [5.41, 5.74) is 7.90. The highest BCUT2D eigenvalue weighted by Crippen LogP contribution is 2.32. The van der Waals surface area contributed by atoms with Crippen molar-refractivity contribution >= 4 is 17.5 Å². The Labute approximate surface area is 150 Å². The van der Waals surface area contributed by atoms with Crippen LogP contribution in [0.1, 0.15) is 64.0 Å². The summed E-state index contributed by atoms with van der Waals surface area (Å²) in [6, 6.07) is 7.85. The lowest BCUT2D eigenvalue weighted by Crippen LogP contribution is -2.53. The van der Waals surface area contributed by atoms with E-state index in [0.717, 1.165) is 49.9 Å². The number of nitrogens with zero attached hydrogens (tertiary/aromatic N) is 1. The third-order valence-corrected chi connectivity index (χ3v) is 5.71. The summed E-state index contributed by atoms with van der Waals surface area (Å²) in [5, 5.41) is 3.12. The minimum atomic E-state index is -0.415. The van der Waals surface area contributed by atoms with Gasteiger partial charge >= 0.3 is 0 Å². The number of hydrogen-bond donors (Lipinski definition) is 2. The molecule has 5 heteroatoms. The first-order chi connectivity index (χ1) is 11.9. The molecule has 1 saturated carbocycles. The second kappa shape index (κ2) is 7.16. The molecule has 3 N–H and O–H groups in total. The van der Waals surface area contributed by atoms with Crippen molar-refractivity contribution in [2.45, 2.75) is 64.0 Å². The topological polar surface area (TPSA) is 75.4 Å². The van der Waals surface area contributed by atoms with E-state index >= 15 is 0 Å². The largest absolute Gasteiger partial charge is 0.349 e. The molecule has 0 aromatic heterocycles. The zero-order chi connectivity index (χ0) is 18.0. The average Bonchev–Trinajstić information content (AvgIpc) is 3.00. The van der Waals surface area contributed by atoms with E-state index in [-0.39, 0.29) is 23.8 Å². The van der Waals surface area contributed by atoms with Gasteiger partial charge in [0.25, 0.3) is 0 Å². The molecule has 1 aromatic carbocycles. The Hall–Kier alpha value is -1.88. The van der Waals surface area contributed by atoms with Crippen molar-refractivity contribution in [1.29, 1.82) is 0 Å². The molecule has 1 aromatic rings. The molecule has 1 heterocycles. The summed E-state index contributed by atoms with van der Waals surface area (Å²) < 4.78 is 0. The summed E-state index contributed by atoms with van der Waals surface area (Å²) in [7, 11) is 0. The fraction of sp³-hybridized carbons (Fsp3) is 0.600. The van der Waals surface area contributed by atoms with Crippen LogP contribution in [0.3, 0.4) is 0 Å². The van der Waals surface area contributed by atoms with Crippen LogP contribution < -0.4 is 16.0 Å². The lowest BCUT2D eigenvalue weighted by Gasteiger charge is -2.37. The number of nitrogens with one attached hydrogen (secondary N) is 1. The SMILES string of the molecule is CC(NC(=O)C1CCCCC1(C)N)c1ccc(N2CCCC2=O)cc1. The van der Waals surface area contributed by atoms with Crippen LogP contribution in [0, 0.1) is 5.92 Å². The quantitative estimate of drug-likeness (QED) is 0.882. The average molecular weight is 343 g/mol. The van der Waals surface area contributed by atoms with Gasteiger partial charge in [-0.25, -0.2) is 0 Å². The van der Waals surface area contributed by atoms with Crippen LogP contribution in [0.2, 0.25) is 0 Å². The molecule has 0 bridgehead atoms. The first-order valence-corrected chi connectivity index (χ1v) is 9.38. The molecule has 5 nitrogen and oxygen atoms in total. The Balaban J connectivity index is 1.63. The Kier molecular flexibility index (Phi) is 5.13. The van der Waals surface area contributed by atoms with E-state index in [2.05, 4.69) is 5.32 Å². The molecule has 1 aliphatic heterocycles. The summed E-state index contributed by atoms with van der Waals surface area (Å²) in [6.07, 6.45) is 5.49. The van der Waals surface area contributed by atoms with Gasteiger partial charge in [-0.3, -0.25) is 9.59 Å². The van der Waals surface area contributed by atoms with Crippen LogP contribution in [0.5, 0.6) is 0 Å². The molecule has 0 radical (unpaired) electrons. The Morgan fingerprint density at radius 2 is 2.00 bits per heavy atom. The number of carbonyl (C=O) groups excluding carboxylic acids is 2. The number of rotatable bonds is 4. The van der Waals surface area contributed by atoms with E-state index in [1.807, 2.05) is 43.0 Å². The van der Waals surface area contributed by atoms with E-state index in [1.54, 1.807) is 0 Å². The van der Waals surface area contributed by atoms with Crippen LogP contribution in [0.4, 0.5) is 5.69 Å². The van der Waals surface area contributed by atoms with Crippen molar-refractivity contribution in [2.75, 3.05) is 11.4 Å². The smallest absolute Gasteiger partial charge is 0.227 e. The van der Waals surface area contributed by atoms with Gasteiger partial charge in [0.15, 0.2) is 0 Å². The monoisotopic (exact) mass is 343 g/mol. The van der Waals surface area contributed by atoms with Crippen LogP contribution in [0.15, 0.2) is 24.3 Å². The van der Waals surface area contributed by atoms with Gasteiger partial charge in [-0.05, 0) is 50.8 Å². The van der Waals surface area contributed by atoms with Gasteiger partial charge < -0.3 is 16.0 Å². The third-order valence-electron chi connectivity index (χ3n) is 5.71. The van der Waals surface area contributed by atoms with Crippen molar-refractivity contribution in [3.63, 3.8) is 0 Å². The molecule has 3 rings (SSSR count). The highest BCUT2D eigenvalue weighted by molar-refractivity contribution is 5.95. The molecule has 3 atom stereocenters. The highest BCUT2D eigenvalue weighted by Gasteiger charge is 2.38. The van der Waals surface area contributed by atoms with Crippen LogP contribution in [0.25, 0.3) is 0 Å². The van der Waals surface area contributed by atoms with Crippen molar-refractivity contribution in [1.82, 2.24) is 5.32 Å². The lowest BCUT2D eigenvalue weighted by atomic mass is 9.74. The van der Waals surface area contributed by atoms with Crippen molar-refractivity contribution in [3.05, 3.63) is 29.8 Å². The van der Waals surface area contributed by atoms with E-state index in [9.17, 15) is 9.59 Å². The van der Waals surface area contributed by atoms with Crippen LogP contribution in [-0.4, -0.2) is 23.9 Å². The maximum atomic E-state index is 12.7. The minimum Gasteiger partial charge on any atom is -0.349 e. The number of amides is 2. The Morgan fingerprint density at radius 3 is 2.60 bits per heavy atom. The standard InChI is InChI=1S/C20H29N3O2/c1-14(22-19(25)17-6-3-4-12-20(17,2)21)15-8-10-16(11-9-15)23-13-5-7-18(23)24/h8-11,14,17H,3-7,12-13,21H2,1-2H3,(H,22,25). The molecular formula is C20H29N3O2. The van der Waals surface area contributed by atoms with Crippen LogP contribution >= 0.6 is 0 Å². The number of nitrogens with two attached hydrogens (primary N) is 1. The van der Waals surface area contributed by atoms with Gasteiger partial charge in [0, 0.05) is 24.2 Å². The summed E-state index contributed by atoms with van der Waals surface area (Å²) in [6.45, 7) is 4.77. The zero-order valence-electron chi connectivity index (χ0n) is 15.3.